The molecule has 3 aliphatic rings. The van der Waals surface area contributed by atoms with Gasteiger partial charge in [0.15, 0.2) is 0 Å². The van der Waals surface area contributed by atoms with Crippen molar-refractivity contribution in [1.82, 2.24) is 13.6 Å². The molecule has 4 rings (SSSR count). The number of ether oxygens (including phenoxy) is 1. The molecule has 0 aliphatic carbocycles. The monoisotopic (exact) mass is 285 g/mol. The van der Waals surface area contributed by atoms with Gasteiger partial charge in [-0.1, -0.05) is 6.92 Å². The van der Waals surface area contributed by atoms with E-state index in [4.69, 9.17) is 4.74 Å². The minimum atomic E-state index is 0.335. The van der Waals surface area contributed by atoms with Gasteiger partial charge in [-0.05, 0) is 37.6 Å². The minimum Gasteiger partial charge on any atom is -0.471 e. The Labute approximate surface area is 116 Å². The van der Waals surface area contributed by atoms with Crippen LogP contribution in [0.5, 0.6) is 5.88 Å². The van der Waals surface area contributed by atoms with Crippen LogP contribution in [0.2, 0.25) is 0 Å². The molecule has 0 N–H and O–H groups in total. The first-order chi connectivity index (χ1) is 8.86. The summed E-state index contributed by atoms with van der Waals surface area (Å²) in [6, 6.07) is 0. The normalized spacial score (nSPS) is 30.6. The summed E-state index contributed by atoms with van der Waals surface area (Å²) in [4.78, 5) is 2.50. The number of thioether (sulfide) groups is 1. The zero-order valence-electron chi connectivity index (χ0n) is 10.7. The molecule has 6 heteroatoms. The number of hydrogen-bond acceptors (Lipinski definition) is 6. The van der Waals surface area contributed by atoms with Crippen LogP contribution < -0.4 is 4.74 Å². The number of hydrogen-bond donors (Lipinski definition) is 0. The van der Waals surface area contributed by atoms with E-state index in [9.17, 15) is 0 Å². The smallest absolute Gasteiger partial charge is 0.250 e. The van der Waals surface area contributed by atoms with Gasteiger partial charge in [0.2, 0.25) is 5.88 Å². The second-order valence-corrected chi connectivity index (χ2v) is 6.75. The number of rotatable bonds is 5. The zero-order chi connectivity index (χ0) is 12.4. The first-order valence-electron chi connectivity index (χ1n) is 6.65. The van der Waals surface area contributed by atoms with Gasteiger partial charge in [0.1, 0.15) is 11.8 Å². The summed E-state index contributed by atoms with van der Waals surface area (Å²) in [5.74, 6) is 3.54. The van der Waals surface area contributed by atoms with E-state index in [0.717, 1.165) is 35.5 Å². The highest BCUT2D eigenvalue weighted by Crippen LogP contribution is 2.31. The Balaban J connectivity index is 1.63. The third kappa shape index (κ3) is 2.65. The van der Waals surface area contributed by atoms with Crippen LogP contribution in [0.3, 0.4) is 0 Å². The van der Waals surface area contributed by atoms with Crippen molar-refractivity contribution in [3.05, 3.63) is 5.69 Å². The summed E-state index contributed by atoms with van der Waals surface area (Å²) in [5.41, 5.74) is 1.03. The Kier molecular flexibility index (Phi) is 4.06. The minimum absolute atomic E-state index is 0.335. The molecule has 18 heavy (non-hydrogen) atoms. The summed E-state index contributed by atoms with van der Waals surface area (Å²) < 4.78 is 14.8. The van der Waals surface area contributed by atoms with Crippen LogP contribution >= 0.6 is 23.5 Å². The second kappa shape index (κ2) is 5.75. The summed E-state index contributed by atoms with van der Waals surface area (Å²) >= 11 is 3.14. The Morgan fingerprint density at radius 3 is 2.89 bits per heavy atom. The van der Waals surface area contributed by atoms with E-state index in [1.54, 1.807) is 0 Å². The molecular weight excluding hydrogens is 266 g/mol. The van der Waals surface area contributed by atoms with Gasteiger partial charge in [-0.3, -0.25) is 4.90 Å². The van der Waals surface area contributed by atoms with Crippen LogP contribution in [0.1, 0.15) is 25.5 Å². The molecule has 3 saturated heterocycles. The number of fused-ring (bicyclic) bond motifs is 3. The summed E-state index contributed by atoms with van der Waals surface area (Å²) in [6.45, 7) is 5.73. The molecule has 0 saturated carbocycles. The molecule has 0 amide bonds. The highest BCUT2D eigenvalue weighted by Gasteiger charge is 2.36. The van der Waals surface area contributed by atoms with E-state index >= 15 is 0 Å². The molecule has 4 nitrogen and oxygen atoms in total. The number of piperidine rings is 3. The Morgan fingerprint density at radius 1 is 1.39 bits per heavy atom. The van der Waals surface area contributed by atoms with Gasteiger partial charge >= 0.3 is 0 Å². The van der Waals surface area contributed by atoms with Gasteiger partial charge < -0.3 is 4.74 Å². The quantitative estimate of drug-likeness (QED) is 0.829. The number of aromatic nitrogens is 2. The molecule has 1 aromatic heterocycles. The summed E-state index contributed by atoms with van der Waals surface area (Å²) in [7, 11) is 0. The SMILES string of the molecule is CCSCc1nsnc1O[C@@H]1CN2CCC1CC2. The van der Waals surface area contributed by atoms with E-state index < -0.39 is 0 Å². The fraction of sp³-hybridized carbons (Fsp3) is 0.833. The molecule has 0 aromatic carbocycles. The molecule has 100 valence electrons. The predicted octanol–water partition coefficient (Wildman–Crippen LogP) is 2.26. The molecule has 4 heterocycles. The van der Waals surface area contributed by atoms with Gasteiger partial charge in [-0.15, -0.1) is 4.37 Å². The molecule has 2 bridgehead atoms. The molecular formula is C12H19N3OS2. The van der Waals surface area contributed by atoms with E-state index in [1.807, 2.05) is 11.8 Å². The van der Waals surface area contributed by atoms with Crippen molar-refractivity contribution in [2.24, 2.45) is 5.92 Å². The van der Waals surface area contributed by atoms with Gasteiger partial charge in [0.25, 0.3) is 0 Å². The van der Waals surface area contributed by atoms with Crippen molar-refractivity contribution < 1.29 is 4.74 Å². The van der Waals surface area contributed by atoms with Crippen molar-refractivity contribution >= 4 is 23.5 Å². The standard InChI is InChI=1S/C12H19N3OS2/c1-2-17-8-10-12(14-18-13-10)16-11-7-15-5-3-9(11)4-6-15/h9,11H,2-8H2,1H3/t11-/m1/s1. The average Bonchev–Trinajstić information content (AvgIpc) is 2.85. The average molecular weight is 285 g/mol. The highest BCUT2D eigenvalue weighted by molar-refractivity contribution is 7.98. The lowest BCUT2D eigenvalue weighted by molar-refractivity contribution is -0.00992. The van der Waals surface area contributed by atoms with Crippen molar-refractivity contribution in [2.75, 3.05) is 25.4 Å². The second-order valence-electron chi connectivity index (χ2n) is 4.95. The first-order valence-corrected chi connectivity index (χ1v) is 8.53. The molecule has 3 aliphatic heterocycles. The highest BCUT2D eigenvalue weighted by atomic mass is 32.2. The zero-order valence-corrected chi connectivity index (χ0v) is 12.3. The molecule has 0 radical (unpaired) electrons. The van der Waals surface area contributed by atoms with Gasteiger partial charge in [0, 0.05) is 12.3 Å². The first kappa shape index (κ1) is 12.7. The van der Waals surface area contributed by atoms with Crippen molar-refractivity contribution in [1.29, 1.82) is 0 Å². The largest absolute Gasteiger partial charge is 0.471 e. The Bertz CT molecular complexity index is 390. The fourth-order valence-electron chi connectivity index (χ4n) is 2.76. The van der Waals surface area contributed by atoms with Gasteiger partial charge in [0.05, 0.1) is 11.7 Å². The van der Waals surface area contributed by atoms with Crippen LogP contribution in [-0.2, 0) is 5.75 Å². The van der Waals surface area contributed by atoms with E-state index in [0.29, 0.717) is 6.10 Å². The maximum atomic E-state index is 6.14. The van der Waals surface area contributed by atoms with E-state index in [2.05, 4.69) is 20.6 Å². The third-order valence-corrected chi connectivity index (χ3v) is 5.26. The molecule has 3 fully saturated rings. The molecule has 0 spiro atoms. The summed E-state index contributed by atoms with van der Waals surface area (Å²) in [5, 5.41) is 0. The van der Waals surface area contributed by atoms with E-state index in [-0.39, 0.29) is 0 Å². The van der Waals surface area contributed by atoms with Crippen LogP contribution in [0.25, 0.3) is 0 Å². The molecule has 1 atom stereocenters. The van der Waals surface area contributed by atoms with Gasteiger partial charge in [-0.25, -0.2) is 0 Å². The van der Waals surface area contributed by atoms with Crippen LogP contribution in [0.4, 0.5) is 0 Å². The summed E-state index contributed by atoms with van der Waals surface area (Å²) in [6.07, 6.45) is 2.89. The topological polar surface area (TPSA) is 38.3 Å². The maximum absolute atomic E-state index is 6.14. The fourth-order valence-corrected chi connectivity index (χ4v) is 3.93. The van der Waals surface area contributed by atoms with Gasteiger partial charge in [-0.2, -0.15) is 16.1 Å². The lowest BCUT2D eigenvalue weighted by Gasteiger charge is -2.44. The maximum Gasteiger partial charge on any atom is 0.250 e. The Hall–Kier alpha value is -0.330. The number of nitrogens with zero attached hydrogens (tertiary/aromatic N) is 3. The third-order valence-electron chi connectivity index (χ3n) is 3.82. The Morgan fingerprint density at radius 2 is 2.22 bits per heavy atom. The van der Waals surface area contributed by atoms with Crippen LogP contribution in [0.15, 0.2) is 0 Å². The molecule has 1 aromatic rings. The van der Waals surface area contributed by atoms with E-state index in [1.165, 1.54) is 37.7 Å². The predicted molar refractivity (Wildman–Crippen MR) is 75.3 cm³/mol. The van der Waals surface area contributed by atoms with Crippen molar-refractivity contribution in [3.8, 4) is 5.88 Å². The lowest BCUT2D eigenvalue weighted by Crippen LogP contribution is -2.52. The molecule has 0 unspecified atom stereocenters. The van der Waals surface area contributed by atoms with Crippen molar-refractivity contribution in [2.45, 2.75) is 31.6 Å². The van der Waals surface area contributed by atoms with Crippen molar-refractivity contribution in [3.63, 3.8) is 0 Å². The lowest BCUT2D eigenvalue weighted by atomic mass is 9.86. The van der Waals surface area contributed by atoms with Crippen LogP contribution in [0, 0.1) is 5.92 Å². The van der Waals surface area contributed by atoms with Crippen LogP contribution in [-0.4, -0.2) is 45.1 Å².